The van der Waals surface area contributed by atoms with Gasteiger partial charge in [-0.2, -0.15) is 0 Å². The molecule has 4 nitrogen and oxygen atoms in total. The molecule has 0 aromatic heterocycles. The van der Waals surface area contributed by atoms with Crippen molar-refractivity contribution in [2.24, 2.45) is 0 Å². The minimum atomic E-state index is 0.155. The summed E-state index contributed by atoms with van der Waals surface area (Å²) in [4.78, 5) is 13.6. The van der Waals surface area contributed by atoms with Gasteiger partial charge in [-0.05, 0) is 31.2 Å². The van der Waals surface area contributed by atoms with Crippen molar-refractivity contribution in [3.05, 3.63) is 29.3 Å². The number of nitrogens with zero attached hydrogens (tertiary/aromatic N) is 1. The smallest absolute Gasteiger partial charge is 0.221 e. The number of rotatable bonds is 3. The number of anilines is 1. The van der Waals surface area contributed by atoms with Gasteiger partial charge in [-0.1, -0.05) is 12.1 Å². The topological polar surface area (TPSA) is 44.4 Å². The molecule has 2 N–H and O–H groups in total. The lowest BCUT2D eigenvalue weighted by Crippen LogP contribution is -2.28. The minimum Gasteiger partial charge on any atom is -0.369 e. The van der Waals surface area contributed by atoms with E-state index >= 15 is 0 Å². The third-order valence-electron chi connectivity index (χ3n) is 3.30. The van der Waals surface area contributed by atoms with Crippen molar-refractivity contribution in [1.29, 1.82) is 0 Å². The molecule has 18 heavy (non-hydrogen) atoms. The number of carbonyl (C=O) groups is 1. The van der Waals surface area contributed by atoms with Crippen LogP contribution < -0.4 is 15.5 Å². The van der Waals surface area contributed by atoms with E-state index in [0.29, 0.717) is 6.42 Å². The molecule has 0 unspecified atom stereocenters. The van der Waals surface area contributed by atoms with Crippen molar-refractivity contribution in [3.8, 4) is 0 Å². The first-order valence-electron chi connectivity index (χ1n) is 6.46. The Balaban J connectivity index is 2.14. The van der Waals surface area contributed by atoms with Crippen molar-refractivity contribution in [3.63, 3.8) is 0 Å². The molecule has 1 aliphatic rings. The number of nitrogens with one attached hydrogen (secondary N) is 2. The first kappa shape index (κ1) is 12.9. The van der Waals surface area contributed by atoms with Crippen LogP contribution in [0.3, 0.4) is 0 Å². The molecule has 0 aliphatic carbocycles. The van der Waals surface area contributed by atoms with E-state index in [1.165, 1.54) is 16.8 Å². The van der Waals surface area contributed by atoms with Crippen LogP contribution in [0.2, 0.25) is 0 Å². The maximum absolute atomic E-state index is 11.3. The summed E-state index contributed by atoms with van der Waals surface area (Å²) < 4.78 is 0. The summed E-state index contributed by atoms with van der Waals surface area (Å²) >= 11 is 0. The molecule has 98 valence electrons. The van der Waals surface area contributed by atoms with E-state index < -0.39 is 0 Å². The van der Waals surface area contributed by atoms with Crippen LogP contribution in [0.25, 0.3) is 0 Å². The van der Waals surface area contributed by atoms with Gasteiger partial charge in [0.15, 0.2) is 0 Å². The highest BCUT2D eigenvalue weighted by Crippen LogP contribution is 2.22. The van der Waals surface area contributed by atoms with E-state index in [9.17, 15) is 4.79 Å². The van der Waals surface area contributed by atoms with Crippen LogP contribution in [0.15, 0.2) is 18.2 Å². The lowest BCUT2D eigenvalue weighted by atomic mass is 10.1. The van der Waals surface area contributed by atoms with Crippen LogP contribution in [0.1, 0.15) is 17.5 Å². The molecule has 1 amide bonds. The van der Waals surface area contributed by atoms with E-state index in [0.717, 1.165) is 26.2 Å². The standard InChI is InChI=1S/C14H21N3O/c1-11-9-12(10-15-2)3-4-13(11)17-7-5-14(18)16-6-8-17/h3-4,9,15H,5-8,10H2,1-2H3,(H,16,18). The molecule has 1 aliphatic heterocycles. The monoisotopic (exact) mass is 247 g/mol. The second-order valence-corrected chi connectivity index (χ2v) is 4.74. The number of hydrogen-bond acceptors (Lipinski definition) is 3. The van der Waals surface area contributed by atoms with Crippen LogP contribution in [0.5, 0.6) is 0 Å². The van der Waals surface area contributed by atoms with Gasteiger partial charge in [0.1, 0.15) is 0 Å². The van der Waals surface area contributed by atoms with Gasteiger partial charge in [-0.15, -0.1) is 0 Å². The molecular weight excluding hydrogens is 226 g/mol. The fourth-order valence-corrected chi connectivity index (χ4v) is 2.39. The van der Waals surface area contributed by atoms with E-state index in [1.54, 1.807) is 0 Å². The molecule has 2 rings (SSSR count). The lowest BCUT2D eigenvalue weighted by Gasteiger charge is -2.24. The van der Waals surface area contributed by atoms with E-state index in [2.05, 4.69) is 40.7 Å². The first-order chi connectivity index (χ1) is 8.70. The van der Waals surface area contributed by atoms with Gasteiger partial charge in [-0.3, -0.25) is 4.79 Å². The summed E-state index contributed by atoms with van der Waals surface area (Å²) in [5.41, 5.74) is 3.81. The molecule has 0 saturated carbocycles. The molecule has 1 heterocycles. The predicted molar refractivity (Wildman–Crippen MR) is 73.8 cm³/mol. The summed E-state index contributed by atoms with van der Waals surface area (Å²) in [7, 11) is 1.95. The van der Waals surface area contributed by atoms with Gasteiger partial charge in [0.25, 0.3) is 0 Å². The third kappa shape index (κ3) is 3.01. The first-order valence-corrected chi connectivity index (χ1v) is 6.46. The lowest BCUT2D eigenvalue weighted by molar-refractivity contribution is -0.120. The molecule has 1 fully saturated rings. The van der Waals surface area contributed by atoms with Crippen molar-refractivity contribution < 1.29 is 4.79 Å². The zero-order valence-electron chi connectivity index (χ0n) is 11.1. The maximum Gasteiger partial charge on any atom is 0.221 e. The number of aryl methyl sites for hydroxylation is 1. The van der Waals surface area contributed by atoms with Crippen LogP contribution in [0.4, 0.5) is 5.69 Å². The van der Waals surface area contributed by atoms with E-state index in [1.807, 2.05) is 7.05 Å². The summed E-state index contributed by atoms with van der Waals surface area (Å²) in [5.74, 6) is 0.155. The summed E-state index contributed by atoms with van der Waals surface area (Å²) in [5, 5.41) is 6.06. The Morgan fingerprint density at radius 1 is 1.39 bits per heavy atom. The Kier molecular flexibility index (Phi) is 4.20. The highest BCUT2D eigenvalue weighted by atomic mass is 16.1. The van der Waals surface area contributed by atoms with Gasteiger partial charge in [-0.25, -0.2) is 0 Å². The van der Waals surface area contributed by atoms with Crippen LogP contribution in [-0.4, -0.2) is 32.6 Å². The minimum absolute atomic E-state index is 0.155. The SMILES string of the molecule is CNCc1ccc(N2CCNC(=O)CC2)c(C)c1. The molecule has 0 spiro atoms. The predicted octanol–water partition coefficient (Wildman–Crippen LogP) is 1.04. The highest BCUT2D eigenvalue weighted by Gasteiger charge is 2.15. The Bertz CT molecular complexity index is 431. The van der Waals surface area contributed by atoms with Gasteiger partial charge in [0.2, 0.25) is 5.91 Å². The second kappa shape index (κ2) is 5.87. The molecule has 4 heteroatoms. The number of benzene rings is 1. The quantitative estimate of drug-likeness (QED) is 0.839. The summed E-state index contributed by atoms with van der Waals surface area (Å²) in [6.07, 6.45) is 0.581. The summed E-state index contributed by atoms with van der Waals surface area (Å²) in [6.45, 7) is 5.45. The summed E-state index contributed by atoms with van der Waals surface area (Å²) in [6, 6.07) is 6.53. The molecule has 0 radical (unpaired) electrons. The zero-order valence-corrected chi connectivity index (χ0v) is 11.1. The highest BCUT2D eigenvalue weighted by molar-refractivity contribution is 5.77. The molecule has 1 aromatic carbocycles. The largest absolute Gasteiger partial charge is 0.369 e. The Morgan fingerprint density at radius 3 is 2.94 bits per heavy atom. The molecular formula is C14H21N3O. The van der Waals surface area contributed by atoms with Crippen molar-refractivity contribution in [2.75, 3.05) is 31.6 Å². The number of amides is 1. The van der Waals surface area contributed by atoms with Gasteiger partial charge in [0, 0.05) is 38.3 Å². The van der Waals surface area contributed by atoms with E-state index in [4.69, 9.17) is 0 Å². The third-order valence-corrected chi connectivity index (χ3v) is 3.30. The van der Waals surface area contributed by atoms with Crippen molar-refractivity contribution in [1.82, 2.24) is 10.6 Å². The van der Waals surface area contributed by atoms with Crippen LogP contribution in [-0.2, 0) is 11.3 Å². The van der Waals surface area contributed by atoms with Crippen LogP contribution in [0, 0.1) is 6.92 Å². The fourth-order valence-electron chi connectivity index (χ4n) is 2.39. The maximum atomic E-state index is 11.3. The fraction of sp³-hybridized carbons (Fsp3) is 0.500. The van der Waals surface area contributed by atoms with Gasteiger partial charge < -0.3 is 15.5 Å². The van der Waals surface area contributed by atoms with Gasteiger partial charge in [0.05, 0.1) is 0 Å². The average molecular weight is 247 g/mol. The van der Waals surface area contributed by atoms with Crippen molar-refractivity contribution in [2.45, 2.75) is 19.9 Å². The molecule has 1 aromatic rings. The number of hydrogen-bond donors (Lipinski definition) is 2. The Labute approximate surface area is 108 Å². The second-order valence-electron chi connectivity index (χ2n) is 4.74. The van der Waals surface area contributed by atoms with Crippen molar-refractivity contribution >= 4 is 11.6 Å². The number of carbonyl (C=O) groups excluding carboxylic acids is 1. The molecule has 0 atom stereocenters. The van der Waals surface area contributed by atoms with Crippen LogP contribution >= 0.6 is 0 Å². The Morgan fingerprint density at radius 2 is 2.22 bits per heavy atom. The molecule has 1 saturated heterocycles. The normalized spacial score (nSPS) is 16.3. The Hall–Kier alpha value is -1.55. The zero-order chi connectivity index (χ0) is 13.0. The molecule has 0 bridgehead atoms. The average Bonchev–Trinajstić information content (AvgIpc) is 2.55. The van der Waals surface area contributed by atoms with E-state index in [-0.39, 0.29) is 5.91 Å². The van der Waals surface area contributed by atoms with Gasteiger partial charge >= 0.3 is 0 Å².